The number of aliphatic imine (C=N–C) groups is 1. The molecule has 258 valence electrons. The van der Waals surface area contributed by atoms with Gasteiger partial charge < -0.3 is 15.6 Å². The molecule has 7 aromatic rings. The van der Waals surface area contributed by atoms with Crippen LogP contribution in [0.2, 0.25) is 0 Å². The lowest BCUT2D eigenvalue weighted by atomic mass is 9.96. The van der Waals surface area contributed by atoms with E-state index in [2.05, 4.69) is 34.3 Å². The van der Waals surface area contributed by atoms with Gasteiger partial charge >= 0.3 is 0 Å². The van der Waals surface area contributed by atoms with Gasteiger partial charge in [0, 0.05) is 22.3 Å². The molecule has 0 radical (unpaired) electrons. The highest BCUT2D eigenvalue weighted by Crippen LogP contribution is 2.45. The molecule has 3 aromatic heterocycles. The summed E-state index contributed by atoms with van der Waals surface area (Å²) in [6.07, 6.45) is 4.93. The quantitative estimate of drug-likeness (QED) is 0.143. The second kappa shape index (κ2) is 14.5. The van der Waals surface area contributed by atoms with Crippen molar-refractivity contribution in [3.63, 3.8) is 0 Å². The molecule has 0 saturated heterocycles. The van der Waals surface area contributed by atoms with Crippen molar-refractivity contribution >= 4 is 63.8 Å². The van der Waals surface area contributed by atoms with Gasteiger partial charge in [-0.15, -0.1) is 0 Å². The van der Waals surface area contributed by atoms with Gasteiger partial charge in [0.15, 0.2) is 0 Å². The van der Waals surface area contributed by atoms with Gasteiger partial charge in [-0.3, -0.25) is 9.59 Å². The Labute approximate surface area is 313 Å². The summed E-state index contributed by atoms with van der Waals surface area (Å²) in [6.45, 7) is 3.80. The predicted molar refractivity (Wildman–Crippen MR) is 211 cm³/mol. The molecule has 4 heterocycles. The summed E-state index contributed by atoms with van der Waals surface area (Å²) in [4.78, 5) is 45.4. The average Bonchev–Trinajstić information content (AvgIpc) is 4.00. The molecule has 0 atom stereocenters. The number of aryl methyl sites for hydroxylation is 2. The highest BCUT2D eigenvalue weighted by atomic mass is 32.1. The van der Waals surface area contributed by atoms with E-state index < -0.39 is 0 Å². The number of anilines is 1. The van der Waals surface area contributed by atoms with Crippen molar-refractivity contribution in [1.82, 2.24) is 29.0 Å². The summed E-state index contributed by atoms with van der Waals surface area (Å²) in [5.41, 5.74) is 8.68. The topological polar surface area (TPSA) is 138 Å². The van der Waals surface area contributed by atoms with Crippen LogP contribution in [0.4, 0.5) is 5.82 Å². The first-order valence-corrected chi connectivity index (χ1v) is 18.2. The number of aromatic nitrogens is 5. The Balaban J connectivity index is 1.36. The van der Waals surface area contributed by atoms with Crippen molar-refractivity contribution in [3.8, 4) is 21.7 Å². The Morgan fingerprint density at radius 3 is 1.75 bits per heavy atom. The molecule has 0 saturated carbocycles. The highest BCUT2D eigenvalue weighted by molar-refractivity contribution is 7.09. The molecule has 0 bridgehead atoms. The molecular formula is C41H30N8O2S2. The lowest BCUT2D eigenvalue weighted by molar-refractivity contribution is 0.0975. The normalized spacial score (nSPS) is 13.3. The van der Waals surface area contributed by atoms with E-state index in [0.717, 1.165) is 33.4 Å². The molecule has 10 nitrogen and oxygen atoms in total. The summed E-state index contributed by atoms with van der Waals surface area (Å²) < 4.78 is 8.60. The Hall–Kier alpha value is -6.63. The number of hydrogen-bond acceptors (Lipinski definition) is 9. The first-order chi connectivity index (χ1) is 26.0. The van der Waals surface area contributed by atoms with E-state index in [4.69, 9.17) is 4.99 Å². The number of nitrogens with one attached hydrogen (secondary N) is 3. The number of benzene rings is 4. The second-order valence-electron chi connectivity index (χ2n) is 12.2. The zero-order valence-electron chi connectivity index (χ0n) is 28.5. The number of aromatic amines is 1. The second-order valence-corrected chi connectivity index (χ2v) is 13.7. The smallest absolute Gasteiger partial charge is 0.257 e. The largest absolute Gasteiger partial charge is 0.341 e. The highest BCUT2D eigenvalue weighted by Gasteiger charge is 2.31. The molecule has 0 aliphatic carbocycles. The fraction of sp³-hybridized carbons (Fsp3) is 0.0488. The third-order valence-electron chi connectivity index (χ3n) is 8.81. The molecular weight excluding hydrogens is 701 g/mol. The van der Waals surface area contributed by atoms with Crippen LogP contribution in [-0.4, -0.2) is 41.3 Å². The zero-order valence-corrected chi connectivity index (χ0v) is 30.1. The standard InChI is InChI=1S/C41H30N8O2S2/c1-24-13-9-11-19-28(24)38(50)48-36-34(40-42-22-44-52-40)32(26-15-5-3-6-16-26)30(46-36)21-31-33(27-17-7-4-8-18-27)35(41-43-23-45-53-41)37(47-31)49-39(51)29-20-12-10-14-25(29)2/h3-23,46H,1-2H3,(H,48,50)(H,47,49,51). The summed E-state index contributed by atoms with van der Waals surface area (Å²) >= 11 is 2.45. The van der Waals surface area contributed by atoms with Crippen LogP contribution in [-0.2, 0) is 0 Å². The van der Waals surface area contributed by atoms with Crippen LogP contribution < -0.4 is 10.6 Å². The van der Waals surface area contributed by atoms with Crippen molar-refractivity contribution in [1.29, 1.82) is 0 Å². The van der Waals surface area contributed by atoms with Crippen molar-refractivity contribution < 1.29 is 9.59 Å². The Kier molecular flexibility index (Phi) is 9.20. The van der Waals surface area contributed by atoms with Gasteiger partial charge in [-0.2, -0.15) is 8.75 Å². The third kappa shape index (κ3) is 6.64. The molecule has 0 unspecified atom stereocenters. The number of H-pyrrole nitrogens is 1. The van der Waals surface area contributed by atoms with Gasteiger partial charge in [0.2, 0.25) is 0 Å². The lowest BCUT2D eigenvalue weighted by Gasteiger charge is -2.10. The summed E-state index contributed by atoms with van der Waals surface area (Å²) in [7, 11) is 0. The maximum atomic E-state index is 13.8. The van der Waals surface area contributed by atoms with E-state index in [0.29, 0.717) is 55.3 Å². The predicted octanol–water partition coefficient (Wildman–Crippen LogP) is 8.71. The van der Waals surface area contributed by atoms with Crippen molar-refractivity contribution in [2.75, 3.05) is 5.32 Å². The van der Waals surface area contributed by atoms with Crippen molar-refractivity contribution in [2.24, 2.45) is 4.99 Å². The van der Waals surface area contributed by atoms with Gasteiger partial charge in [0.05, 0.1) is 22.5 Å². The van der Waals surface area contributed by atoms with Crippen LogP contribution in [0.1, 0.15) is 48.1 Å². The van der Waals surface area contributed by atoms with Crippen LogP contribution in [0, 0.1) is 13.8 Å². The molecule has 2 amide bonds. The van der Waals surface area contributed by atoms with E-state index in [1.807, 2.05) is 117 Å². The molecule has 1 aliphatic heterocycles. The fourth-order valence-electron chi connectivity index (χ4n) is 6.33. The Bertz CT molecular complexity index is 2560. The summed E-state index contributed by atoms with van der Waals surface area (Å²) in [6, 6.07) is 34.6. The molecule has 0 fully saturated rings. The molecule has 0 spiro atoms. The Morgan fingerprint density at radius 1 is 0.623 bits per heavy atom. The minimum absolute atomic E-state index is 0.266. The van der Waals surface area contributed by atoms with Crippen LogP contribution >= 0.6 is 23.1 Å². The molecule has 8 rings (SSSR count). The number of amides is 2. The lowest BCUT2D eigenvalue weighted by Crippen LogP contribution is -2.31. The fourth-order valence-corrected chi connectivity index (χ4v) is 7.50. The van der Waals surface area contributed by atoms with Gasteiger partial charge in [-0.1, -0.05) is 97.1 Å². The SMILES string of the molecule is Cc1ccccc1C(=O)NC1=NC(=Cc2[nH]c(NC(=O)c3ccccc3C)c(-c3ncns3)c2-c2ccccc2)C(c2ccccc2)=C1c1ncns1. The molecule has 53 heavy (non-hydrogen) atoms. The van der Waals surface area contributed by atoms with Gasteiger partial charge in [0.25, 0.3) is 11.8 Å². The first kappa shape index (κ1) is 33.5. The van der Waals surface area contributed by atoms with Gasteiger partial charge in [-0.05, 0) is 77.4 Å². The van der Waals surface area contributed by atoms with Crippen LogP contribution in [0.15, 0.2) is 133 Å². The molecule has 1 aliphatic rings. The van der Waals surface area contributed by atoms with E-state index >= 15 is 0 Å². The Morgan fingerprint density at radius 2 is 1.17 bits per heavy atom. The summed E-state index contributed by atoms with van der Waals surface area (Å²) in [5.74, 6) is 0.260. The van der Waals surface area contributed by atoms with Crippen LogP contribution in [0.25, 0.3) is 38.9 Å². The number of hydrogen-bond donors (Lipinski definition) is 3. The number of nitrogens with zero attached hydrogens (tertiary/aromatic N) is 5. The van der Waals surface area contributed by atoms with Gasteiger partial charge in [-0.25, -0.2) is 15.0 Å². The maximum absolute atomic E-state index is 13.8. The van der Waals surface area contributed by atoms with E-state index in [9.17, 15) is 9.59 Å². The van der Waals surface area contributed by atoms with Gasteiger partial charge in [0.1, 0.15) is 34.3 Å². The van der Waals surface area contributed by atoms with Crippen LogP contribution in [0.3, 0.4) is 0 Å². The molecule has 4 aromatic carbocycles. The number of rotatable bonds is 8. The number of carbonyl (C=O) groups excluding carboxylic acids is 2. The monoisotopic (exact) mass is 730 g/mol. The minimum Gasteiger partial charge on any atom is -0.341 e. The van der Waals surface area contributed by atoms with Crippen LogP contribution in [0.5, 0.6) is 0 Å². The number of carbonyl (C=O) groups is 2. The zero-order chi connectivity index (χ0) is 36.3. The third-order valence-corrected chi connectivity index (χ3v) is 10.2. The van der Waals surface area contributed by atoms with Crippen molar-refractivity contribution in [3.05, 3.63) is 166 Å². The van der Waals surface area contributed by atoms with E-state index in [-0.39, 0.29) is 11.8 Å². The summed E-state index contributed by atoms with van der Waals surface area (Å²) in [5, 5.41) is 7.46. The van der Waals surface area contributed by atoms with E-state index in [1.165, 1.54) is 35.7 Å². The van der Waals surface area contributed by atoms with E-state index in [1.54, 1.807) is 12.1 Å². The maximum Gasteiger partial charge on any atom is 0.257 e. The first-order valence-electron chi connectivity index (χ1n) is 16.7. The number of amidine groups is 1. The molecule has 12 heteroatoms. The average molecular weight is 731 g/mol. The minimum atomic E-state index is -0.290. The van der Waals surface area contributed by atoms with Crippen molar-refractivity contribution in [2.45, 2.75) is 13.8 Å². The molecule has 3 N–H and O–H groups in total. The number of allylic oxidation sites excluding steroid dienone is 1.